The van der Waals surface area contributed by atoms with Crippen molar-refractivity contribution in [3.05, 3.63) is 59.9 Å². The average Bonchev–Trinajstić information content (AvgIpc) is 2.71. The standard InChI is InChI=1S/C23H26N4O3/c1-23(2,3)30-22(29)26-14-12-17-18(15-9-6-5-7-10-15)19(21(28)24-4)16-11-8-13-25-20(16)27-17/h5-11,13H,12,14H2,1-4H3,(H,24,28)(H,26,29). The second kappa shape index (κ2) is 8.90. The van der Waals surface area contributed by atoms with Gasteiger partial charge in [0.1, 0.15) is 5.60 Å². The molecule has 3 rings (SSSR count). The molecule has 0 spiro atoms. The molecule has 2 heterocycles. The van der Waals surface area contributed by atoms with Crippen molar-refractivity contribution >= 4 is 23.0 Å². The monoisotopic (exact) mass is 406 g/mol. The molecule has 0 aliphatic carbocycles. The van der Waals surface area contributed by atoms with Crippen LogP contribution in [0.3, 0.4) is 0 Å². The van der Waals surface area contributed by atoms with Gasteiger partial charge in [-0.25, -0.2) is 14.8 Å². The highest BCUT2D eigenvalue weighted by Crippen LogP contribution is 2.32. The molecule has 2 N–H and O–H groups in total. The number of rotatable bonds is 5. The van der Waals surface area contributed by atoms with Crippen molar-refractivity contribution in [2.24, 2.45) is 0 Å². The Labute approximate surface area is 175 Å². The number of nitrogens with zero attached hydrogens (tertiary/aromatic N) is 2. The Morgan fingerprint density at radius 3 is 2.47 bits per heavy atom. The van der Waals surface area contributed by atoms with E-state index in [1.54, 1.807) is 19.3 Å². The van der Waals surface area contributed by atoms with Crippen LogP contribution in [0.1, 0.15) is 36.8 Å². The number of pyridine rings is 2. The van der Waals surface area contributed by atoms with E-state index in [0.29, 0.717) is 35.3 Å². The van der Waals surface area contributed by atoms with Crippen LogP contribution in [-0.2, 0) is 11.2 Å². The molecule has 1 aromatic carbocycles. The molecule has 0 saturated carbocycles. The fourth-order valence-corrected chi connectivity index (χ4v) is 3.20. The minimum Gasteiger partial charge on any atom is -0.444 e. The number of aromatic nitrogens is 2. The summed E-state index contributed by atoms with van der Waals surface area (Å²) < 4.78 is 5.29. The first kappa shape index (κ1) is 21.2. The summed E-state index contributed by atoms with van der Waals surface area (Å²) >= 11 is 0. The predicted octanol–water partition coefficient (Wildman–Crippen LogP) is 3.72. The fourth-order valence-electron chi connectivity index (χ4n) is 3.20. The van der Waals surface area contributed by atoms with Gasteiger partial charge in [-0.1, -0.05) is 30.3 Å². The number of nitrogens with one attached hydrogen (secondary N) is 2. The van der Waals surface area contributed by atoms with Crippen LogP contribution in [0.4, 0.5) is 4.79 Å². The van der Waals surface area contributed by atoms with Gasteiger partial charge in [-0.2, -0.15) is 0 Å². The highest BCUT2D eigenvalue weighted by Gasteiger charge is 2.22. The Morgan fingerprint density at radius 2 is 1.80 bits per heavy atom. The molecule has 0 bridgehead atoms. The minimum atomic E-state index is -0.573. The van der Waals surface area contributed by atoms with Crippen LogP contribution in [0.15, 0.2) is 48.7 Å². The molecule has 0 fully saturated rings. The number of fused-ring (bicyclic) bond motifs is 1. The molecule has 156 valence electrons. The van der Waals surface area contributed by atoms with Gasteiger partial charge >= 0.3 is 6.09 Å². The van der Waals surface area contributed by atoms with E-state index in [0.717, 1.165) is 11.1 Å². The zero-order valence-electron chi connectivity index (χ0n) is 17.7. The van der Waals surface area contributed by atoms with E-state index in [1.165, 1.54) is 0 Å². The van der Waals surface area contributed by atoms with E-state index >= 15 is 0 Å². The predicted molar refractivity (Wildman–Crippen MR) is 116 cm³/mol. The molecule has 0 unspecified atom stereocenters. The Morgan fingerprint density at radius 1 is 1.07 bits per heavy atom. The van der Waals surface area contributed by atoms with Crippen LogP contribution >= 0.6 is 0 Å². The molecule has 0 saturated heterocycles. The maximum absolute atomic E-state index is 12.9. The zero-order chi connectivity index (χ0) is 21.7. The van der Waals surface area contributed by atoms with Crippen molar-refractivity contribution < 1.29 is 14.3 Å². The van der Waals surface area contributed by atoms with Crippen molar-refractivity contribution in [3.8, 4) is 11.1 Å². The van der Waals surface area contributed by atoms with E-state index in [9.17, 15) is 9.59 Å². The molecular formula is C23H26N4O3. The summed E-state index contributed by atoms with van der Waals surface area (Å²) in [5.41, 5.74) is 2.73. The van der Waals surface area contributed by atoms with Crippen LogP contribution in [-0.4, -0.2) is 41.2 Å². The molecule has 2 aromatic heterocycles. The van der Waals surface area contributed by atoms with Gasteiger partial charge in [0.2, 0.25) is 0 Å². The smallest absolute Gasteiger partial charge is 0.407 e. The lowest BCUT2D eigenvalue weighted by molar-refractivity contribution is 0.0528. The van der Waals surface area contributed by atoms with Crippen molar-refractivity contribution in [2.75, 3.05) is 13.6 Å². The lowest BCUT2D eigenvalue weighted by Gasteiger charge is -2.20. The summed E-state index contributed by atoms with van der Waals surface area (Å²) in [4.78, 5) is 33.9. The van der Waals surface area contributed by atoms with E-state index in [4.69, 9.17) is 9.72 Å². The third-order valence-electron chi connectivity index (χ3n) is 4.38. The summed E-state index contributed by atoms with van der Waals surface area (Å²) in [6.45, 7) is 5.75. The van der Waals surface area contributed by atoms with Gasteiger partial charge in [-0.15, -0.1) is 0 Å². The van der Waals surface area contributed by atoms with Gasteiger partial charge in [0.15, 0.2) is 5.65 Å². The minimum absolute atomic E-state index is 0.212. The maximum atomic E-state index is 12.9. The molecule has 7 heteroatoms. The molecular weight excluding hydrogens is 380 g/mol. The normalized spacial score (nSPS) is 11.2. The summed E-state index contributed by atoms with van der Waals surface area (Å²) in [7, 11) is 1.60. The molecule has 30 heavy (non-hydrogen) atoms. The molecule has 0 aliphatic heterocycles. The zero-order valence-corrected chi connectivity index (χ0v) is 17.7. The number of hydrogen-bond acceptors (Lipinski definition) is 5. The number of ether oxygens (including phenoxy) is 1. The molecule has 0 atom stereocenters. The van der Waals surface area contributed by atoms with Gasteiger partial charge in [-0.3, -0.25) is 4.79 Å². The summed E-state index contributed by atoms with van der Waals surface area (Å²) in [5, 5.41) is 6.16. The Balaban J connectivity index is 2.04. The number of carbonyl (C=O) groups is 2. The SMILES string of the molecule is CNC(=O)c1c(-c2ccccc2)c(CCNC(=O)OC(C)(C)C)nc2ncccc12. The first-order valence-corrected chi connectivity index (χ1v) is 9.82. The first-order valence-electron chi connectivity index (χ1n) is 9.82. The van der Waals surface area contributed by atoms with Crippen molar-refractivity contribution in [3.63, 3.8) is 0 Å². The lowest BCUT2D eigenvalue weighted by Crippen LogP contribution is -2.33. The van der Waals surface area contributed by atoms with Crippen LogP contribution in [0.5, 0.6) is 0 Å². The van der Waals surface area contributed by atoms with Crippen molar-refractivity contribution in [2.45, 2.75) is 32.8 Å². The van der Waals surface area contributed by atoms with Gasteiger partial charge in [0.25, 0.3) is 5.91 Å². The largest absolute Gasteiger partial charge is 0.444 e. The van der Waals surface area contributed by atoms with Gasteiger partial charge < -0.3 is 15.4 Å². The third kappa shape index (κ3) is 4.92. The lowest BCUT2D eigenvalue weighted by atomic mass is 9.93. The molecule has 0 radical (unpaired) electrons. The second-order valence-electron chi connectivity index (χ2n) is 7.81. The van der Waals surface area contributed by atoms with E-state index in [1.807, 2.05) is 57.2 Å². The quantitative estimate of drug-likeness (QED) is 0.674. The topological polar surface area (TPSA) is 93.2 Å². The molecule has 2 amide bonds. The van der Waals surface area contributed by atoms with Crippen LogP contribution in [0.25, 0.3) is 22.2 Å². The Kier molecular flexibility index (Phi) is 6.30. The van der Waals surface area contributed by atoms with Crippen molar-refractivity contribution in [1.82, 2.24) is 20.6 Å². The molecule has 3 aromatic rings. The summed E-state index contributed by atoms with van der Waals surface area (Å²) in [5.74, 6) is -0.212. The van der Waals surface area contributed by atoms with Crippen LogP contribution in [0.2, 0.25) is 0 Å². The third-order valence-corrected chi connectivity index (χ3v) is 4.38. The van der Waals surface area contributed by atoms with Gasteiger partial charge in [0, 0.05) is 37.2 Å². The number of hydrogen-bond donors (Lipinski definition) is 2. The Bertz CT molecular complexity index is 1060. The van der Waals surface area contributed by atoms with Gasteiger partial charge in [0.05, 0.1) is 11.3 Å². The summed E-state index contributed by atoms with van der Waals surface area (Å²) in [6, 6.07) is 13.3. The average molecular weight is 406 g/mol. The number of carbonyl (C=O) groups excluding carboxylic acids is 2. The van der Waals surface area contributed by atoms with Crippen molar-refractivity contribution in [1.29, 1.82) is 0 Å². The Hall–Kier alpha value is -3.48. The van der Waals surface area contributed by atoms with Crippen LogP contribution in [0, 0.1) is 0 Å². The van der Waals surface area contributed by atoms with E-state index in [2.05, 4.69) is 15.6 Å². The number of alkyl carbamates (subject to hydrolysis) is 1. The fraction of sp³-hybridized carbons (Fsp3) is 0.304. The summed E-state index contributed by atoms with van der Waals surface area (Å²) in [6.07, 6.45) is 1.57. The highest BCUT2D eigenvalue weighted by molar-refractivity contribution is 6.11. The van der Waals surface area contributed by atoms with E-state index < -0.39 is 11.7 Å². The van der Waals surface area contributed by atoms with Crippen LogP contribution < -0.4 is 10.6 Å². The van der Waals surface area contributed by atoms with E-state index in [-0.39, 0.29) is 5.91 Å². The number of benzene rings is 1. The number of amides is 2. The second-order valence-corrected chi connectivity index (χ2v) is 7.81. The maximum Gasteiger partial charge on any atom is 0.407 e. The molecule has 0 aliphatic rings. The molecule has 7 nitrogen and oxygen atoms in total. The first-order chi connectivity index (χ1) is 14.3. The highest BCUT2D eigenvalue weighted by atomic mass is 16.6. The van der Waals surface area contributed by atoms with Gasteiger partial charge in [-0.05, 0) is 38.5 Å².